The monoisotopic (exact) mass is 684 g/mol. The molecule has 12 nitrogen and oxygen atoms in total. The van der Waals surface area contributed by atoms with Gasteiger partial charge in [0, 0.05) is 38.8 Å². The van der Waals surface area contributed by atoms with Crippen LogP contribution in [0, 0.1) is 0 Å². The zero-order valence-electron chi connectivity index (χ0n) is 26.9. The lowest BCUT2D eigenvalue weighted by molar-refractivity contribution is -0.111. The predicted molar refractivity (Wildman–Crippen MR) is 181 cm³/mol. The molecular weight excluding hydrogens is 645 g/mol. The van der Waals surface area contributed by atoms with Crippen molar-refractivity contribution in [3.8, 4) is 11.5 Å². The van der Waals surface area contributed by atoms with Crippen LogP contribution in [0.1, 0.15) is 25.0 Å². The van der Waals surface area contributed by atoms with Crippen molar-refractivity contribution in [1.82, 2.24) is 4.31 Å². The second kappa shape index (κ2) is 14.3. The number of anilines is 3. The van der Waals surface area contributed by atoms with Crippen LogP contribution in [0.4, 0.5) is 17.1 Å². The number of hydrogen-bond acceptors (Lipinski definition) is 9. The van der Waals surface area contributed by atoms with Gasteiger partial charge in [-0.05, 0) is 60.0 Å². The molecule has 1 fully saturated rings. The van der Waals surface area contributed by atoms with Crippen molar-refractivity contribution >= 4 is 49.1 Å². The Hall–Kier alpha value is -4.11. The lowest BCUT2D eigenvalue weighted by Crippen LogP contribution is -2.37. The van der Waals surface area contributed by atoms with Crippen LogP contribution >= 0.6 is 0 Å². The van der Waals surface area contributed by atoms with E-state index >= 15 is 0 Å². The molecule has 2 heterocycles. The molecule has 0 aliphatic carbocycles. The fourth-order valence-corrected chi connectivity index (χ4v) is 9.02. The number of benzene rings is 3. The molecule has 3 aromatic carbocycles. The number of amides is 1. The number of nitrogens with zero attached hydrogens (tertiary/aromatic N) is 3. The van der Waals surface area contributed by atoms with Crippen molar-refractivity contribution in [2.24, 2.45) is 0 Å². The van der Waals surface area contributed by atoms with Gasteiger partial charge in [0.1, 0.15) is 4.90 Å². The molecule has 47 heavy (non-hydrogen) atoms. The van der Waals surface area contributed by atoms with Gasteiger partial charge in [0.15, 0.2) is 11.5 Å². The molecule has 1 N–H and O–H groups in total. The summed E-state index contributed by atoms with van der Waals surface area (Å²) in [5.41, 5.74) is 2.92. The second-order valence-electron chi connectivity index (χ2n) is 10.9. The van der Waals surface area contributed by atoms with Crippen LogP contribution < -0.4 is 24.0 Å². The molecule has 2 aliphatic heterocycles. The van der Waals surface area contributed by atoms with E-state index in [0.717, 1.165) is 5.56 Å². The van der Waals surface area contributed by atoms with E-state index < -0.39 is 26.0 Å². The molecule has 1 saturated heterocycles. The maximum atomic E-state index is 14.0. The summed E-state index contributed by atoms with van der Waals surface area (Å²) in [5, 5.41) is 2.84. The van der Waals surface area contributed by atoms with E-state index in [2.05, 4.69) is 5.32 Å². The third kappa shape index (κ3) is 6.96. The third-order valence-corrected chi connectivity index (χ3v) is 12.1. The number of para-hydroxylation sites is 1. The van der Waals surface area contributed by atoms with Crippen molar-refractivity contribution in [3.05, 3.63) is 71.8 Å². The normalized spacial score (nSPS) is 15.3. The zero-order valence-corrected chi connectivity index (χ0v) is 28.6. The highest BCUT2D eigenvalue weighted by Crippen LogP contribution is 2.41. The first kappa shape index (κ1) is 34.2. The summed E-state index contributed by atoms with van der Waals surface area (Å²) in [6.45, 7) is 6.59. The van der Waals surface area contributed by atoms with Gasteiger partial charge in [0.05, 0.1) is 49.4 Å². The van der Waals surface area contributed by atoms with E-state index in [1.165, 1.54) is 47.1 Å². The van der Waals surface area contributed by atoms with Crippen LogP contribution in [-0.2, 0) is 36.0 Å². The van der Waals surface area contributed by atoms with Crippen LogP contribution in [0.15, 0.2) is 70.5 Å². The van der Waals surface area contributed by atoms with Crippen LogP contribution in [0.2, 0.25) is 0 Å². The summed E-state index contributed by atoms with van der Waals surface area (Å²) in [4.78, 5) is 15.3. The predicted octanol–water partition coefficient (Wildman–Crippen LogP) is 3.97. The van der Waals surface area contributed by atoms with E-state index in [0.29, 0.717) is 68.4 Å². The number of hydrogen-bond donors (Lipinski definition) is 1. The van der Waals surface area contributed by atoms with E-state index in [4.69, 9.17) is 14.2 Å². The van der Waals surface area contributed by atoms with Gasteiger partial charge in [-0.2, -0.15) is 4.31 Å². The summed E-state index contributed by atoms with van der Waals surface area (Å²) >= 11 is 0. The van der Waals surface area contributed by atoms with Gasteiger partial charge in [-0.1, -0.05) is 32.0 Å². The zero-order chi connectivity index (χ0) is 33.8. The first-order valence-corrected chi connectivity index (χ1v) is 18.3. The molecule has 0 unspecified atom stereocenters. The Morgan fingerprint density at radius 3 is 2.34 bits per heavy atom. The minimum Gasteiger partial charge on any atom is -0.493 e. The molecule has 0 spiro atoms. The minimum atomic E-state index is -4.07. The van der Waals surface area contributed by atoms with Crippen LogP contribution in [0.3, 0.4) is 0 Å². The number of methoxy groups -OCH3 is 2. The Bertz CT molecular complexity index is 1870. The average Bonchev–Trinajstić information content (AvgIpc) is 3.53. The summed E-state index contributed by atoms with van der Waals surface area (Å²) in [6, 6.07) is 15.1. The Balaban J connectivity index is 1.48. The molecular formula is C33H40N4O8S2. The van der Waals surface area contributed by atoms with Crippen molar-refractivity contribution in [2.45, 2.75) is 30.1 Å². The largest absolute Gasteiger partial charge is 0.493 e. The average molecular weight is 685 g/mol. The Labute approximate surface area is 276 Å². The van der Waals surface area contributed by atoms with Gasteiger partial charge in [0.2, 0.25) is 15.9 Å². The smallest absolute Gasteiger partial charge is 0.268 e. The fraction of sp³-hybridized carbons (Fsp3) is 0.364. The standard InChI is InChI=1S/C33H40N4O8S2/c1-5-36(6-2)46(39,40)26-12-13-29(35-17-19-45-20-18-35)27(23-26)34-32(38)14-11-24-21-30(43-3)33(44-4)31(22-24)47(41,42)37-16-15-25-9-7-8-10-28(25)37/h7-14,21-23H,5-6,15-20H2,1-4H3,(H,34,38)/b14-11+. The highest BCUT2D eigenvalue weighted by molar-refractivity contribution is 7.93. The van der Waals surface area contributed by atoms with E-state index in [9.17, 15) is 21.6 Å². The van der Waals surface area contributed by atoms with Crippen molar-refractivity contribution in [2.75, 3.05) is 74.7 Å². The van der Waals surface area contributed by atoms with Gasteiger partial charge in [-0.15, -0.1) is 0 Å². The maximum Gasteiger partial charge on any atom is 0.268 e. The quantitative estimate of drug-likeness (QED) is 0.281. The third-order valence-electron chi connectivity index (χ3n) is 8.23. The summed E-state index contributed by atoms with van der Waals surface area (Å²) < 4.78 is 73.8. The van der Waals surface area contributed by atoms with Gasteiger partial charge >= 0.3 is 0 Å². The highest BCUT2D eigenvalue weighted by Gasteiger charge is 2.34. The molecule has 252 valence electrons. The van der Waals surface area contributed by atoms with Crippen LogP contribution in [0.25, 0.3) is 6.08 Å². The van der Waals surface area contributed by atoms with Gasteiger partial charge in [-0.25, -0.2) is 16.8 Å². The maximum absolute atomic E-state index is 14.0. The lowest BCUT2D eigenvalue weighted by atomic mass is 10.1. The van der Waals surface area contributed by atoms with Crippen molar-refractivity contribution in [1.29, 1.82) is 0 Å². The number of carbonyl (C=O) groups is 1. The van der Waals surface area contributed by atoms with Gasteiger partial charge in [-0.3, -0.25) is 9.10 Å². The molecule has 0 aromatic heterocycles. The lowest BCUT2D eigenvalue weighted by Gasteiger charge is -2.31. The molecule has 3 aromatic rings. The number of carbonyl (C=O) groups excluding carboxylic acids is 1. The SMILES string of the molecule is CCN(CC)S(=O)(=O)c1ccc(N2CCOCC2)c(NC(=O)/C=C/c2cc(OC)c(OC)c(S(=O)(=O)N3CCc4ccccc43)c2)c1. The number of fused-ring (bicyclic) bond motifs is 1. The highest BCUT2D eigenvalue weighted by atomic mass is 32.2. The topological polar surface area (TPSA) is 135 Å². The first-order valence-electron chi connectivity index (χ1n) is 15.4. The molecule has 0 atom stereocenters. The summed E-state index contributed by atoms with van der Waals surface area (Å²) in [5.74, 6) is -0.297. The number of rotatable bonds is 12. The van der Waals surface area contributed by atoms with Crippen molar-refractivity contribution < 1.29 is 35.8 Å². The first-order chi connectivity index (χ1) is 22.5. The molecule has 1 amide bonds. The second-order valence-corrected chi connectivity index (χ2v) is 14.7. The van der Waals surface area contributed by atoms with E-state index in [1.54, 1.807) is 44.2 Å². The molecule has 0 saturated carbocycles. The summed E-state index contributed by atoms with van der Waals surface area (Å²) in [7, 11) is -5.07. The van der Waals surface area contributed by atoms with Gasteiger partial charge < -0.3 is 24.4 Å². The van der Waals surface area contributed by atoms with Crippen LogP contribution in [-0.4, -0.2) is 87.2 Å². The number of nitrogens with one attached hydrogen (secondary N) is 1. The number of ether oxygens (including phenoxy) is 3. The molecule has 0 bridgehead atoms. The number of sulfonamides is 2. The molecule has 0 radical (unpaired) electrons. The van der Waals surface area contributed by atoms with Gasteiger partial charge in [0.25, 0.3) is 10.0 Å². The van der Waals surface area contributed by atoms with E-state index in [-0.39, 0.29) is 27.8 Å². The van der Waals surface area contributed by atoms with E-state index in [1.807, 2.05) is 17.0 Å². The fourth-order valence-electron chi connectivity index (χ4n) is 5.83. The molecule has 2 aliphatic rings. The van der Waals surface area contributed by atoms with Crippen molar-refractivity contribution in [3.63, 3.8) is 0 Å². The molecule has 14 heteroatoms. The Morgan fingerprint density at radius 2 is 1.66 bits per heavy atom. The number of morpholine rings is 1. The Morgan fingerprint density at radius 1 is 0.936 bits per heavy atom. The Kier molecular flexibility index (Phi) is 10.4. The minimum absolute atomic E-state index is 0.0554. The van der Waals surface area contributed by atoms with Crippen LogP contribution in [0.5, 0.6) is 11.5 Å². The summed E-state index contributed by atoms with van der Waals surface area (Å²) in [6.07, 6.45) is 3.31. The molecule has 5 rings (SSSR count).